The quantitative estimate of drug-likeness (QED) is 0.246. The molecule has 1 saturated heterocycles. The van der Waals surface area contributed by atoms with E-state index in [2.05, 4.69) is 34.7 Å². The van der Waals surface area contributed by atoms with Gasteiger partial charge in [0.05, 0.1) is 22.3 Å². The van der Waals surface area contributed by atoms with Gasteiger partial charge in [-0.1, -0.05) is 12.1 Å². The lowest BCUT2D eigenvalue weighted by Crippen LogP contribution is -2.45. The van der Waals surface area contributed by atoms with Crippen LogP contribution in [0, 0.1) is 25.6 Å². The molecule has 8 rings (SSSR count). The Hall–Kier alpha value is -4.76. The van der Waals surface area contributed by atoms with E-state index in [0.717, 1.165) is 76.0 Å². The normalized spacial score (nSPS) is 17.2. The standard InChI is InChI=1S/C36H35FN6O2/c1-20-27-10-12-33(44)39-35(27)29(37)16-28(20)23-7-8-24-15-32(42(31(24)14-23)17-22-5-6-22)34-21(2)30-11-9-25(18-43(30)40-34)36(45)41-13-3-4-26(38)19-41/h7-12,14-16,18,22,26H,3-6,13,17,19,38H2,1-2H3,(H,39,44)/t26-/m1/s1. The molecule has 6 aromatic rings. The second-order valence-corrected chi connectivity index (χ2v) is 12.9. The van der Waals surface area contributed by atoms with Gasteiger partial charge in [-0.15, -0.1) is 0 Å². The number of halogens is 1. The molecule has 9 heteroatoms. The summed E-state index contributed by atoms with van der Waals surface area (Å²) in [5.41, 5.74) is 14.3. The van der Waals surface area contributed by atoms with Crippen molar-refractivity contribution in [1.29, 1.82) is 0 Å². The highest BCUT2D eigenvalue weighted by Gasteiger charge is 2.27. The maximum absolute atomic E-state index is 15.2. The zero-order valence-electron chi connectivity index (χ0n) is 25.4. The third-order valence-corrected chi connectivity index (χ3v) is 9.70. The Labute approximate surface area is 259 Å². The van der Waals surface area contributed by atoms with E-state index in [0.29, 0.717) is 23.4 Å². The second kappa shape index (κ2) is 10.4. The van der Waals surface area contributed by atoms with Crippen molar-refractivity contribution >= 4 is 33.2 Å². The number of aromatic amines is 1. The minimum Gasteiger partial charge on any atom is -0.339 e. The number of rotatable bonds is 5. The number of fused-ring (bicyclic) bond motifs is 3. The average molecular weight is 603 g/mol. The predicted molar refractivity (Wildman–Crippen MR) is 175 cm³/mol. The summed E-state index contributed by atoms with van der Waals surface area (Å²) in [6.07, 6.45) is 6.10. The molecule has 0 unspecified atom stereocenters. The van der Waals surface area contributed by atoms with Crippen molar-refractivity contribution in [2.75, 3.05) is 13.1 Å². The van der Waals surface area contributed by atoms with Crippen LogP contribution < -0.4 is 11.3 Å². The molecule has 1 saturated carbocycles. The number of H-pyrrole nitrogens is 1. The maximum Gasteiger partial charge on any atom is 0.255 e. The first-order chi connectivity index (χ1) is 21.7. The summed E-state index contributed by atoms with van der Waals surface area (Å²) in [5.74, 6) is 0.153. The second-order valence-electron chi connectivity index (χ2n) is 12.9. The Bertz CT molecular complexity index is 2220. The fourth-order valence-electron chi connectivity index (χ4n) is 7.02. The number of hydrogen-bond acceptors (Lipinski definition) is 4. The molecule has 8 nitrogen and oxygen atoms in total. The van der Waals surface area contributed by atoms with Gasteiger partial charge < -0.3 is 20.2 Å². The zero-order chi connectivity index (χ0) is 31.0. The first-order valence-corrected chi connectivity index (χ1v) is 15.7. The van der Waals surface area contributed by atoms with Gasteiger partial charge in [0.25, 0.3) is 5.91 Å². The minimum atomic E-state index is -0.446. The molecule has 0 bridgehead atoms. The van der Waals surface area contributed by atoms with Gasteiger partial charge in [-0.25, -0.2) is 8.91 Å². The fraction of sp³-hybridized carbons (Fsp3) is 0.306. The molecule has 2 aromatic carbocycles. The van der Waals surface area contributed by atoms with Crippen molar-refractivity contribution in [1.82, 2.24) is 24.1 Å². The molecule has 0 spiro atoms. The summed E-state index contributed by atoms with van der Waals surface area (Å²) < 4.78 is 19.4. The predicted octanol–water partition coefficient (Wildman–Crippen LogP) is 6.19. The summed E-state index contributed by atoms with van der Waals surface area (Å²) in [5, 5.41) is 6.82. The van der Waals surface area contributed by atoms with Crippen molar-refractivity contribution < 1.29 is 9.18 Å². The Morgan fingerprint density at radius 1 is 1.02 bits per heavy atom. The van der Waals surface area contributed by atoms with E-state index < -0.39 is 5.82 Å². The largest absolute Gasteiger partial charge is 0.339 e. The first kappa shape index (κ1) is 27.8. The third-order valence-electron chi connectivity index (χ3n) is 9.70. The van der Waals surface area contributed by atoms with Crippen molar-refractivity contribution in [2.45, 2.75) is 52.1 Å². The number of carbonyl (C=O) groups excluding carboxylic acids is 1. The van der Waals surface area contributed by atoms with Gasteiger partial charge in [-0.3, -0.25) is 9.59 Å². The summed E-state index contributed by atoms with van der Waals surface area (Å²) in [4.78, 5) is 29.7. The number of piperidine rings is 1. The van der Waals surface area contributed by atoms with Gasteiger partial charge in [0.1, 0.15) is 11.5 Å². The Morgan fingerprint density at radius 2 is 1.87 bits per heavy atom. The monoisotopic (exact) mass is 602 g/mol. The number of benzene rings is 2. The number of hydrogen-bond donors (Lipinski definition) is 2. The van der Waals surface area contributed by atoms with E-state index >= 15 is 4.39 Å². The molecule has 228 valence electrons. The molecule has 1 aliphatic heterocycles. The molecule has 0 radical (unpaired) electrons. The van der Waals surface area contributed by atoms with Crippen LogP contribution in [0.25, 0.3) is 49.8 Å². The zero-order valence-corrected chi connectivity index (χ0v) is 25.4. The van der Waals surface area contributed by atoms with Gasteiger partial charge in [0.2, 0.25) is 5.56 Å². The first-order valence-electron chi connectivity index (χ1n) is 15.7. The number of nitrogens with zero attached hydrogens (tertiary/aromatic N) is 4. The summed E-state index contributed by atoms with van der Waals surface area (Å²) in [7, 11) is 0. The molecule has 1 atom stereocenters. The molecular weight excluding hydrogens is 567 g/mol. The van der Waals surface area contributed by atoms with Crippen LogP contribution in [0.5, 0.6) is 0 Å². The molecule has 45 heavy (non-hydrogen) atoms. The molecule has 5 heterocycles. The number of nitrogens with two attached hydrogens (primary N) is 1. The molecule has 4 aromatic heterocycles. The Kier molecular flexibility index (Phi) is 6.42. The lowest BCUT2D eigenvalue weighted by Gasteiger charge is -2.30. The van der Waals surface area contributed by atoms with Crippen LogP contribution in [0.2, 0.25) is 0 Å². The third kappa shape index (κ3) is 4.73. The highest BCUT2D eigenvalue weighted by atomic mass is 19.1. The van der Waals surface area contributed by atoms with Crippen LogP contribution in [-0.2, 0) is 6.54 Å². The number of carbonyl (C=O) groups is 1. The van der Waals surface area contributed by atoms with Crippen LogP contribution in [0.3, 0.4) is 0 Å². The molecule has 2 fully saturated rings. The number of aryl methyl sites for hydroxylation is 2. The van der Waals surface area contributed by atoms with Gasteiger partial charge in [-0.05, 0) is 98.5 Å². The van der Waals surface area contributed by atoms with Crippen molar-refractivity contribution in [3.63, 3.8) is 0 Å². The van der Waals surface area contributed by atoms with Gasteiger partial charge in [0, 0.05) is 59.8 Å². The number of amides is 1. The van der Waals surface area contributed by atoms with Crippen LogP contribution in [0.1, 0.15) is 47.2 Å². The van der Waals surface area contributed by atoms with Crippen LogP contribution in [0.15, 0.2) is 65.6 Å². The maximum atomic E-state index is 15.2. The van der Waals surface area contributed by atoms with Crippen molar-refractivity contribution in [3.8, 4) is 22.5 Å². The minimum absolute atomic E-state index is 0.0103. The lowest BCUT2D eigenvalue weighted by atomic mass is 9.96. The van der Waals surface area contributed by atoms with E-state index in [4.69, 9.17) is 10.8 Å². The Balaban J connectivity index is 1.23. The van der Waals surface area contributed by atoms with E-state index in [1.54, 1.807) is 6.07 Å². The summed E-state index contributed by atoms with van der Waals surface area (Å²) in [6, 6.07) is 17.0. The SMILES string of the molecule is Cc1c(-c2ccc3cc(-c4nn5cc(C(=O)N6CCC[C@@H](N)C6)ccc5c4C)n(CC4CC4)c3c2)cc(F)c2[nH]c(=O)ccc12. The molecule has 1 amide bonds. The van der Waals surface area contributed by atoms with Crippen LogP contribution >= 0.6 is 0 Å². The van der Waals surface area contributed by atoms with Crippen molar-refractivity contribution in [2.24, 2.45) is 11.7 Å². The smallest absolute Gasteiger partial charge is 0.255 e. The van der Waals surface area contributed by atoms with Gasteiger partial charge >= 0.3 is 0 Å². The fourth-order valence-corrected chi connectivity index (χ4v) is 7.02. The number of likely N-dealkylation sites (tertiary alicyclic amines) is 1. The lowest BCUT2D eigenvalue weighted by molar-refractivity contribution is 0.0708. The number of nitrogens with one attached hydrogen (secondary N) is 1. The number of pyridine rings is 2. The highest BCUT2D eigenvalue weighted by molar-refractivity contribution is 5.96. The average Bonchev–Trinajstić information content (AvgIpc) is 3.71. The van der Waals surface area contributed by atoms with Crippen LogP contribution in [-0.4, -0.2) is 49.1 Å². The van der Waals surface area contributed by atoms with E-state index in [-0.39, 0.29) is 23.0 Å². The summed E-state index contributed by atoms with van der Waals surface area (Å²) >= 11 is 0. The molecular formula is C36H35FN6O2. The summed E-state index contributed by atoms with van der Waals surface area (Å²) in [6.45, 7) is 6.23. The number of aromatic nitrogens is 4. The molecule has 2 aliphatic rings. The van der Waals surface area contributed by atoms with Gasteiger partial charge in [-0.2, -0.15) is 5.10 Å². The molecule has 3 N–H and O–H groups in total. The Morgan fingerprint density at radius 3 is 2.67 bits per heavy atom. The van der Waals surface area contributed by atoms with E-state index in [1.807, 2.05) is 40.7 Å². The van der Waals surface area contributed by atoms with Crippen molar-refractivity contribution in [3.05, 3.63) is 93.7 Å². The highest BCUT2D eigenvalue weighted by Crippen LogP contribution is 2.39. The topological polar surface area (TPSA) is 101 Å². The molecule has 1 aliphatic carbocycles. The van der Waals surface area contributed by atoms with Crippen LogP contribution in [0.4, 0.5) is 4.39 Å². The van der Waals surface area contributed by atoms with E-state index in [1.165, 1.54) is 25.0 Å². The van der Waals surface area contributed by atoms with E-state index in [9.17, 15) is 9.59 Å². The van der Waals surface area contributed by atoms with Gasteiger partial charge in [0.15, 0.2) is 0 Å².